The zero-order valence-electron chi connectivity index (χ0n) is 18.1. The van der Waals surface area contributed by atoms with E-state index in [0.29, 0.717) is 23.8 Å². The van der Waals surface area contributed by atoms with E-state index in [0.717, 1.165) is 25.7 Å². The predicted octanol–water partition coefficient (Wildman–Crippen LogP) is 4.45. The zero-order valence-corrected chi connectivity index (χ0v) is 20.3. The molecule has 1 unspecified atom stereocenters. The number of hydrogen-bond donors (Lipinski definition) is 2. The number of fused-ring (bicyclic) bond motifs is 5. The van der Waals surface area contributed by atoms with Gasteiger partial charge in [-0.05, 0) is 94.3 Å². The molecule has 3 aliphatic carbocycles. The molecular weight excluding hydrogens is 463 g/mol. The third-order valence-corrected chi connectivity index (χ3v) is 9.91. The van der Waals surface area contributed by atoms with E-state index in [2.05, 4.69) is 67.8 Å². The van der Waals surface area contributed by atoms with E-state index in [1.165, 1.54) is 19.3 Å². The minimum absolute atomic E-state index is 0.0970. The molecular formula is C23H37IN2O2. The van der Waals surface area contributed by atoms with Gasteiger partial charge in [0.25, 0.3) is 0 Å². The third kappa shape index (κ3) is 3.22. The molecule has 4 rings (SSSR count). The van der Waals surface area contributed by atoms with Gasteiger partial charge in [-0.2, -0.15) is 0 Å². The summed E-state index contributed by atoms with van der Waals surface area (Å²) in [5.41, 5.74) is 0.195. The van der Waals surface area contributed by atoms with Gasteiger partial charge in [0.15, 0.2) is 0 Å². The van der Waals surface area contributed by atoms with Crippen LogP contribution in [0.15, 0.2) is 0 Å². The van der Waals surface area contributed by atoms with Gasteiger partial charge in [-0.15, -0.1) is 0 Å². The lowest BCUT2D eigenvalue weighted by Gasteiger charge is -2.60. The molecule has 0 spiro atoms. The number of amides is 2. The molecule has 158 valence electrons. The van der Waals surface area contributed by atoms with Crippen LogP contribution in [0.3, 0.4) is 0 Å². The van der Waals surface area contributed by atoms with Crippen molar-refractivity contribution in [3.8, 4) is 0 Å². The summed E-state index contributed by atoms with van der Waals surface area (Å²) in [6.45, 7) is 11.1. The molecule has 2 amide bonds. The van der Waals surface area contributed by atoms with Crippen molar-refractivity contribution in [2.75, 3.05) is 0 Å². The van der Waals surface area contributed by atoms with Crippen molar-refractivity contribution < 1.29 is 9.59 Å². The van der Waals surface area contributed by atoms with Crippen LogP contribution in [-0.2, 0) is 9.59 Å². The standard InChI is InChI=1S/C23H37IN2O2/c1-21(2,3)26-19(27)16-8-7-14-13-6-9-18-23(5,12-17(24)20(28)25-18)15(13)10-11-22(14,16)4/h13-18H,6-12H2,1-5H3,(H,25,28)(H,26,27)/t13-,14-,15-,16+,17?,18+,22-,23+/m0/s1. The smallest absolute Gasteiger partial charge is 0.233 e. The number of hydrogen-bond acceptors (Lipinski definition) is 2. The predicted molar refractivity (Wildman–Crippen MR) is 120 cm³/mol. The molecule has 1 saturated heterocycles. The minimum Gasteiger partial charge on any atom is -0.352 e. The molecule has 8 atom stereocenters. The number of piperidine rings is 1. The highest BCUT2D eigenvalue weighted by Gasteiger charge is 2.62. The Labute approximate surface area is 183 Å². The Hall–Kier alpha value is -0.330. The van der Waals surface area contributed by atoms with Gasteiger partial charge in [0, 0.05) is 17.5 Å². The summed E-state index contributed by atoms with van der Waals surface area (Å²) in [5.74, 6) is 2.73. The molecule has 5 heteroatoms. The second-order valence-corrected chi connectivity index (χ2v) is 13.1. The van der Waals surface area contributed by atoms with Crippen LogP contribution in [0.2, 0.25) is 0 Å². The monoisotopic (exact) mass is 500 g/mol. The van der Waals surface area contributed by atoms with Crippen LogP contribution in [0.4, 0.5) is 0 Å². The lowest BCUT2D eigenvalue weighted by Crippen LogP contribution is -2.63. The van der Waals surface area contributed by atoms with Gasteiger partial charge in [-0.25, -0.2) is 0 Å². The molecule has 4 aliphatic rings. The third-order valence-electron chi connectivity index (χ3n) is 8.90. The Morgan fingerprint density at radius 1 is 1.07 bits per heavy atom. The van der Waals surface area contributed by atoms with Crippen LogP contribution in [0, 0.1) is 34.5 Å². The highest BCUT2D eigenvalue weighted by atomic mass is 127. The summed E-state index contributed by atoms with van der Waals surface area (Å²) in [6.07, 6.45) is 7.94. The summed E-state index contributed by atoms with van der Waals surface area (Å²) >= 11 is 2.34. The first-order valence-corrected chi connectivity index (χ1v) is 12.5. The number of nitrogens with one attached hydrogen (secondary N) is 2. The fourth-order valence-electron chi connectivity index (χ4n) is 7.62. The van der Waals surface area contributed by atoms with Gasteiger partial charge in [0.1, 0.15) is 0 Å². The Morgan fingerprint density at radius 2 is 1.75 bits per heavy atom. The van der Waals surface area contributed by atoms with Crippen molar-refractivity contribution >= 4 is 34.4 Å². The van der Waals surface area contributed by atoms with Crippen LogP contribution in [0.5, 0.6) is 0 Å². The van der Waals surface area contributed by atoms with E-state index in [-0.39, 0.29) is 38.0 Å². The first-order chi connectivity index (χ1) is 13.0. The van der Waals surface area contributed by atoms with Crippen molar-refractivity contribution in [3.63, 3.8) is 0 Å². The summed E-state index contributed by atoms with van der Waals surface area (Å²) in [5, 5.41) is 6.62. The van der Waals surface area contributed by atoms with Gasteiger partial charge in [0.2, 0.25) is 11.8 Å². The lowest BCUT2D eigenvalue weighted by atomic mass is 9.47. The molecule has 0 radical (unpaired) electrons. The van der Waals surface area contributed by atoms with Gasteiger partial charge < -0.3 is 10.6 Å². The molecule has 0 aromatic rings. The largest absolute Gasteiger partial charge is 0.352 e. The van der Waals surface area contributed by atoms with Gasteiger partial charge in [-0.1, -0.05) is 36.4 Å². The zero-order chi connectivity index (χ0) is 20.5. The van der Waals surface area contributed by atoms with E-state index in [9.17, 15) is 9.59 Å². The molecule has 4 fully saturated rings. The molecule has 2 N–H and O–H groups in total. The van der Waals surface area contributed by atoms with Crippen LogP contribution in [0.25, 0.3) is 0 Å². The van der Waals surface area contributed by atoms with E-state index < -0.39 is 0 Å². The molecule has 3 saturated carbocycles. The molecule has 0 aromatic carbocycles. The Bertz CT molecular complexity index is 674. The number of alkyl halides is 1. The summed E-state index contributed by atoms with van der Waals surface area (Å²) < 4.78 is 0.0970. The average Bonchev–Trinajstić information content (AvgIpc) is 2.92. The molecule has 28 heavy (non-hydrogen) atoms. The van der Waals surface area contributed by atoms with E-state index in [4.69, 9.17) is 0 Å². The fourth-order valence-corrected chi connectivity index (χ4v) is 8.74. The van der Waals surface area contributed by atoms with Crippen LogP contribution >= 0.6 is 22.6 Å². The van der Waals surface area contributed by atoms with Crippen molar-refractivity contribution in [1.29, 1.82) is 0 Å². The number of carbonyl (C=O) groups excluding carboxylic acids is 2. The minimum atomic E-state index is -0.163. The molecule has 4 nitrogen and oxygen atoms in total. The number of halogens is 1. The molecule has 1 heterocycles. The normalized spacial score (nSPS) is 48.1. The molecule has 1 aliphatic heterocycles. The first kappa shape index (κ1) is 20.9. The van der Waals surface area contributed by atoms with E-state index in [1.54, 1.807) is 0 Å². The van der Waals surface area contributed by atoms with Gasteiger partial charge in [-0.3, -0.25) is 9.59 Å². The van der Waals surface area contributed by atoms with Crippen molar-refractivity contribution in [3.05, 3.63) is 0 Å². The highest BCUT2D eigenvalue weighted by molar-refractivity contribution is 14.1. The van der Waals surface area contributed by atoms with Crippen LogP contribution in [0.1, 0.15) is 79.6 Å². The molecule has 0 bridgehead atoms. The number of rotatable bonds is 1. The van der Waals surface area contributed by atoms with Crippen molar-refractivity contribution in [1.82, 2.24) is 10.6 Å². The first-order valence-electron chi connectivity index (χ1n) is 11.2. The topological polar surface area (TPSA) is 58.2 Å². The summed E-state index contributed by atoms with van der Waals surface area (Å²) in [7, 11) is 0. The van der Waals surface area contributed by atoms with Gasteiger partial charge in [0.05, 0.1) is 3.92 Å². The second-order valence-electron chi connectivity index (χ2n) is 11.6. The van der Waals surface area contributed by atoms with Crippen LogP contribution in [-0.4, -0.2) is 27.3 Å². The Morgan fingerprint density at radius 3 is 2.43 bits per heavy atom. The maximum atomic E-state index is 13.1. The lowest BCUT2D eigenvalue weighted by molar-refractivity contribution is -0.141. The second kappa shape index (κ2) is 6.84. The molecule has 0 aromatic heterocycles. The summed E-state index contributed by atoms with van der Waals surface area (Å²) in [6, 6.07) is 0.345. The Balaban J connectivity index is 1.56. The Kier molecular flexibility index (Phi) is 5.11. The van der Waals surface area contributed by atoms with Crippen LogP contribution < -0.4 is 10.6 Å². The van der Waals surface area contributed by atoms with E-state index >= 15 is 0 Å². The highest BCUT2D eigenvalue weighted by Crippen LogP contribution is 2.65. The quantitative estimate of drug-likeness (QED) is 0.413. The van der Waals surface area contributed by atoms with E-state index in [1.807, 2.05) is 0 Å². The maximum Gasteiger partial charge on any atom is 0.233 e. The SMILES string of the molecule is CC(C)(C)NC(=O)[C@H]1CC[C@H]2[C@@H]3CC[C@H]4NC(=O)C(I)C[C@]4(C)[C@H]3CC[C@]12C. The van der Waals surface area contributed by atoms with Crippen molar-refractivity contribution in [2.24, 2.45) is 34.5 Å². The summed E-state index contributed by atoms with van der Waals surface area (Å²) in [4.78, 5) is 25.3. The fraction of sp³-hybridized carbons (Fsp3) is 0.913. The maximum absolute atomic E-state index is 13.1. The van der Waals surface area contributed by atoms with Gasteiger partial charge >= 0.3 is 0 Å². The number of carbonyl (C=O) groups is 2. The van der Waals surface area contributed by atoms with Crippen molar-refractivity contribution in [2.45, 2.75) is 95.1 Å². The average molecular weight is 500 g/mol.